The van der Waals surface area contributed by atoms with Crippen LogP contribution in [0.3, 0.4) is 0 Å². The van der Waals surface area contributed by atoms with Crippen LogP contribution in [0, 0.1) is 5.92 Å². The third-order valence-corrected chi connectivity index (χ3v) is 13.0. The fourth-order valence-corrected chi connectivity index (χ4v) is 10.0. The second-order valence-corrected chi connectivity index (χ2v) is 17.5. The predicted molar refractivity (Wildman–Crippen MR) is 203 cm³/mol. The third kappa shape index (κ3) is 9.11. The standard InChI is InChI=1S/C40H62N8O10/c1-23(2)22-26(35(52)45-18-6-12-28(45)38(55)48-21-9-15-31(48)40(57)58)42-34(51)27-11-5-17-44(27)36(53)29-13-7-19-46(29)37(54)30-14-8-20-47(30)39(56)32(24(3)49)43-33(50)25-10-4-16-41-25/h23-32,41,49H,4-22H2,1-3H3,(H,42,51)(H,43,50)(H,57,58)/t24-,25+,26+,27+,28+,29+,30+,31+,32+/m1/s1. The van der Waals surface area contributed by atoms with Crippen LogP contribution in [0.5, 0.6) is 0 Å². The number of rotatable bonds is 13. The molecule has 7 amide bonds. The van der Waals surface area contributed by atoms with Gasteiger partial charge in [0.05, 0.1) is 24.7 Å². The van der Waals surface area contributed by atoms with E-state index in [1.807, 2.05) is 19.2 Å². The lowest BCUT2D eigenvalue weighted by molar-refractivity contribution is -0.657. The molecule has 9 atom stereocenters. The van der Waals surface area contributed by atoms with Gasteiger partial charge < -0.3 is 55.5 Å². The number of nitrogens with zero attached hydrogens (tertiary/aromatic N) is 5. The fraction of sp³-hybridized carbons (Fsp3) is 0.800. The molecule has 6 heterocycles. The second kappa shape index (κ2) is 18.7. The molecular formula is C40H62N8O10. The van der Waals surface area contributed by atoms with Crippen LogP contribution in [0.4, 0.5) is 0 Å². The molecule has 6 saturated heterocycles. The first-order chi connectivity index (χ1) is 27.7. The maximum Gasteiger partial charge on any atom is 0.278 e. The number of carbonyl (C=O) groups excluding carboxylic acids is 8. The zero-order chi connectivity index (χ0) is 41.8. The molecule has 5 N–H and O–H groups in total. The molecule has 0 aromatic heterocycles. The van der Waals surface area contributed by atoms with Crippen LogP contribution in [0.25, 0.3) is 0 Å². The van der Waals surface area contributed by atoms with Crippen molar-refractivity contribution in [2.75, 3.05) is 39.3 Å². The normalized spacial score (nSPS) is 28.9. The number of aliphatic hydroxyl groups is 1. The number of likely N-dealkylation sites (tertiary alicyclic amines) is 5. The Labute approximate surface area is 339 Å². The predicted octanol–water partition coefficient (Wildman–Crippen LogP) is -3.19. The Kier molecular flexibility index (Phi) is 14.0. The molecule has 6 aliphatic heterocycles. The number of nitrogens with one attached hydrogen (secondary N) is 2. The lowest BCUT2D eigenvalue weighted by Gasteiger charge is -2.36. The Morgan fingerprint density at radius 3 is 1.52 bits per heavy atom. The van der Waals surface area contributed by atoms with Crippen molar-refractivity contribution in [2.24, 2.45) is 5.92 Å². The lowest BCUT2D eigenvalue weighted by atomic mass is 10.0. The summed E-state index contributed by atoms with van der Waals surface area (Å²) in [6.07, 6.45) is 5.18. The summed E-state index contributed by atoms with van der Waals surface area (Å²) >= 11 is 0. The van der Waals surface area contributed by atoms with Crippen molar-refractivity contribution in [2.45, 2.75) is 159 Å². The van der Waals surface area contributed by atoms with Crippen LogP contribution in [-0.2, 0) is 38.4 Å². The van der Waals surface area contributed by atoms with Gasteiger partial charge in [-0.05, 0) is 83.5 Å². The van der Waals surface area contributed by atoms with E-state index in [0.29, 0.717) is 90.3 Å². The fourth-order valence-electron chi connectivity index (χ4n) is 10.0. The zero-order valence-corrected chi connectivity index (χ0v) is 34.1. The summed E-state index contributed by atoms with van der Waals surface area (Å²) in [6, 6.07) is -6.99. The Balaban J connectivity index is 1.11. The van der Waals surface area contributed by atoms with E-state index in [1.54, 1.807) is 0 Å². The van der Waals surface area contributed by atoms with Crippen molar-refractivity contribution in [1.82, 2.24) is 35.1 Å². The summed E-state index contributed by atoms with van der Waals surface area (Å²) in [5.41, 5.74) is 0. The van der Waals surface area contributed by atoms with E-state index in [0.717, 1.165) is 13.0 Å². The summed E-state index contributed by atoms with van der Waals surface area (Å²) < 4.78 is 0. The summed E-state index contributed by atoms with van der Waals surface area (Å²) in [5, 5.41) is 29.8. The molecule has 0 aromatic rings. The molecule has 0 aliphatic carbocycles. The van der Waals surface area contributed by atoms with Gasteiger partial charge in [-0.3, -0.25) is 33.6 Å². The van der Waals surface area contributed by atoms with Crippen LogP contribution in [0.1, 0.15) is 104 Å². The molecule has 18 heteroatoms. The first-order valence-electron chi connectivity index (χ1n) is 21.5. The van der Waals surface area contributed by atoms with E-state index in [4.69, 9.17) is 0 Å². The van der Waals surface area contributed by atoms with E-state index in [2.05, 4.69) is 10.6 Å². The summed E-state index contributed by atoms with van der Waals surface area (Å²) in [4.78, 5) is 116. The molecule has 6 fully saturated rings. The number of nitrogens with two attached hydrogens (primary N) is 1. The van der Waals surface area contributed by atoms with Crippen molar-refractivity contribution in [3.63, 3.8) is 0 Å². The summed E-state index contributed by atoms with van der Waals surface area (Å²) in [6.45, 7) is 7.50. The van der Waals surface area contributed by atoms with Gasteiger partial charge >= 0.3 is 0 Å². The van der Waals surface area contributed by atoms with Gasteiger partial charge in [-0.1, -0.05) is 13.8 Å². The minimum Gasteiger partial charge on any atom is -0.548 e. The second-order valence-electron chi connectivity index (χ2n) is 17.5. The number of carboxylic acid groups (broad SMARTS) is 1. The number of carbonyl (C=O) groups is 8. The molecule has 0 unspecified atom stereocenters. The van der Waals surface area contributed by atoms with Crippen molar-refractivity contribution in [3.8, 4) is 0 Å². The first-order valence-corrected chi connectivity index (χ1v) is 21.5. The van der Waals surface area contributed by atoms with E-state index in [1.165, 1.54) is 31.4 Å². The molecule has 0 bridgehead atoms. The summed E-state index contributed by atoms with van der Waals surface area (Å²) in [7, 11) is 0. The minimum absolute atomic E-state index is 0.00796. The van der Waals surface area contributed by atoms with Gasteiger partial charge in [-0.15, -0.1) is 0 Å². The number of hydrogen-bond donors (Lipinski definition) is 4. The number of amides is 7. The number of aliphatic hydroxyl groups excluding tert-OH is 1. The van der Waals surface area contributed by atoms with Crippen LogP contribution >= 0.6 is 0 Å². The molecular weight excluding hydrogens is 752 g/mol. The Hall–Kier alpha value is -4.32. The Morgan fingerprint density at radius 2 is 1.03 bits per heavy atom. The molecule has 0 saturated carbocycles. The maximum atomic E-state index is 14.3. The highest BCUT2D eigenvalue weighted by molar-refractivity contribution is 5.98. The van der Waals surface area contributed by atoms with Crippen molar-refractivity contribution >= 4 is 47.3 Å². The molecule has 58 heavy (non-hydrogen) atoms. The lowest BCUT2D eigenvalue weighted by Crippen LogP contribution is -2.89. The Morgan fingerprint density at radius 1 is 0.586 bits per heavy atom. The SMILES string of the molecule is CC(C)C[C@H](NC(=O)[C@@H]1CCCN1C(=O)[C@@H]1CCCN1C(=O)[C@@H]1CCCN1C(=O)[C@@H](NC(=O)[C@@H]1CCC[NH2+]1)[C@@H](C)O)C(=O)N1CCC[C@H]1C(=O)N1CCC[C@H]1C(=O)[O-]. The number of hydrogen-bond acceptors (Lipinski definition) is 10. The third-order valence-electron chi connectivity index (χ3n) is 13.0. The van der Waals surface area contributed by atoms with Crippen molar-refractivity contribution in [3.05, 3.63) is 0 Å². The molecule has 6 rings (SSSR count). The molecule has 0 aromatic carbocycles. The van der Waals surface area contributed by atoms with Gasteiger partial charge in [0.15, 0.2) is 6.04 Å². The molecule has 6 aliphatic rings. The number of carboxylic acids is 1. The average Bonchev–Trinajstić information content (AvgIpc) is 4.04. The monoisotopic (exact) mass is 814 g/mol. The smallest absolute Gasteiger partial charge is 0.278 e. The number of quaternary nitrogens is 1. The number of aliphatic carboxylic acids is 1. The van der Waals surface area contributed by atoms with Gasteiger partial charge in [0.2, 0.25) is 35.4 Å². The van der Waals surface area contributed by atoms with E-state index >= 15 is 0 Å². The van der Waals surface area contributed by atoms with Gasteiger partial charge in [-0.25, -0.2) is 0 Å². The highest BCUT2D eigenvalue weighted by Gasteiger charge is 2.48. The van der Waals surface area contributed by atoms with E-state index in [-0.39, 0.29) is 49.2 Å². The average molecular weight is 815 g/mol. The van der Waals surface area contributed by atoms with E-state index < -0.39 is 78.0 Å². The van der Waals surface area contributed by atoms with Gasteiger partial charge in [-0.2, -0.15) is 0 Å². The molecule has 322 valence electrons. The van der Waals surface area contributed by atoms with Gasteiger partial charge in [0.1, 0.15) is 36.3 Å². The molecule has 0 spiro atoms. The van der Waals surface area contributed by atoms with Crippen molar-refractivity contribution < 1.29 is 53.9 Å². The minimum atomic E-state index is -1.32. The van der Waals surface area contributed by atoms with Gasteiger partial charge in [0, 0.05) is 45.6 Å². The van der Waals surface area contributed by atoms with Crippen LogP contribution in [-0.4, -0.2) is 171 Å². The Bertz CT molecular complexity index is 1600. The highest BCUT2D eigenvalue weighted by atomic mass is 16.4. The summed E-state index contributed by atoms with van der Waals surface area (Å²) in [5.74, 6) is -4.27. The van der Waals surface area contributed by atoms with Gasteiger partial charge in [0.25, 0.3) is 5.91 Å². The van der Waals surface area contributed by atoms with Crippen LogP contribution in [0.15, 0.2) is 0 Å². The van der Waals surface area contributed by atoms with E-state index in [9.17, 15) is 48.6 Å². The van der Waals surface area contributed by atoms with Crippen molar-refractivity contribution in [1.29, 1.82) is 0 Å². The van der Waals surface area contributed by atoms with Crippen LogP contribution in [0.2, 0.25) is 0 Å². The maximum absolute atomic E-state index is 14.3. The topological polar surface area (TPSA) is 237 Å². The van der Waals surface area contributed by atoms with Crippen LogP contribution < -0.4 is 21.1 Å². The highest BCUT2D eigenvalue weighted by Crippen LogP contribution is 2.30. The largest absolute Gasteiger partial charge is 0.548 e. The quantitative estimate of drug-likeness (QED) is 0.146. The zero-order valence-electron chi connectivity index (χ0n) is 34.1. The first kappa shape index (κ1) is 43.3. The molecule has 0 radical (unpaired) electrons. The molecule has 18 nitrogen and oxygen atoms in total.